The van der Waals surface area contributed by atoms with Crippen molar-refractivity contribution >= 4 is 5.78 Å². The van der Waals surface area contributed by atoms with Gasteiger partial charge >= 0.3 is 0 Å². The lowest BCUT2D eigenvalue weighted by molar-refractivity contribution is 0.263. The van der Waals surface area contributed by atoms with Crippen LogP contribution in [-0.4, -0.2) is 37.6 Å². The first kappa shape index (κ1) is 14.3. The molecule has 0 radical (unpaired) electrons. The van der Waals surface area contributed by atoms with Crippen LogP contribution in [-0.2, 0) is 0 Å². The van der Waals surface area contributed by atoms with Gasteiger partial charge in [0.25, 0.3) is 5.78 Å². The zero-order valence-electron chi connectivity index (χ0n) is 13.6. The Kier molecular flexibility index (Phi) is 3.58. The van der Waals surface area contributed by atoms with Gasteiger partial charge in [-0.3, -0.25) is 9.30 Å². The molecule has 2 aromatic heterocycles. The van der Waals surface area contributed by atoms with E-state index in [2.05, 4.69) is 57.5 Å². The molecule has 0 amide bonds. The van der Waals surface area contributed by atoms with Crippen molar-refractivity contribution in [1.29, 1.82) is 0 Å². The predicted molar refractivity (Wildman–Crippen MR) is 90.2 cm³/mol. The molecule has 0 spiro atoms. The minimum atomic E-state index is 0.493. The highest BCUT2D eigenvalue weighted by Crippen LogP contribution is 2.27. The normalized spacial score (nSPS) is 17.0. The molecule has 1 aromatic carbocycles. The summed E-state index contributed by atoms with van der Waals surface area (Å²) in [6.45, 7) is 6.67. The molecule has 3 aromatic rings. The summed E-state index contributed by atoms with van der Waals surface area (Å²) in [5.41, 5.74) is 3.64. The first-order valence-electron chi connectivity index (χ1n) is 8.24. The molecule has 1 saturated heterocycles. The van der Waals surface area contributed by atoms with Crippen molar-refractivity contribution in [3.8, 4) is 11.1 Å². The van der Waals surface area contributed by atoms with Gasteiger partial charge in [0.15, 0.2) is 0 Å². The standard InChI is InChI=1S/C18H21N5/c1-13(22-9-3-4-10-22)15-5-7-16(8-6-15)17-11-19-18-21-20-14(2)23(18)12-17/h5-8,11-13H,3-4,9-10H2,1-2H3/t13-/m1/s1. The number of benzene rings is 1. The van der Waals surface area contributed by atoms with E-state index in [0.29, 0.717) is 11.8 Å². The summed E-state index contributed by atoms with van der Waals surface area (Å²) < 4.78 is 1.93. The fourth-order valence-electron chi connectivity index (χ4n) is 3.34. The molecule has 118 valence electrons. The van der Waals surface area contributed by atoms with Gasteiger partial charge < -0.3 is 0 Å². The Balaban J connectivity index is 1.62. The van der Waals surface area contributed by atoms with Crippen molar-refractivity contribution in [1.82, 2.24) is 24.5 Å². The number of likely N-dealkylation sites (tertiary alicyclic amines) is 1. The Labute approximate surface area is 136 Å². The van der Waals surface area contributed by atoms with Gasteiger partial charge in [-0.2, -0.15) is 0 Å². The lowest BCUT2D eigenvalue weighted by Crippen LogP contribution is -2.23. The smallest absolute Gasteiger partial charge is 0.254 e. The molecule has 5 heteroatoms. The maximum Gasteiger partial charge on any atom is 0.254 e. The van der Waals surface area contributed by atoms with E-state index in [0.717, 1.165) is 11.4 Å². The third kappa shape index (κ3) is 2.61. The number of nitrogens with zero attached hydrogens (tertiary/aromatic N) is 5. The van der Waals surface area contributed by atoms with Crippen LogP contribution in [0.2, 0.25) is 0 Å². The summed E-state index contributed by atoms with van der Waals surface area (Å²) in [7, 11) is 0. The van der Waals surface area contributed by atoms with Gasteiger partial charge in [-0.25, -0.2) is 4.98 Å². The SMILES string of the molecule is Cc1nnc2ncc(-c3ccc([C@@H](C)N4CCCC4)cc3)cn12. The van der Waals surface area contributed by atoms with E-state index in [9.17, 15) is 0 Å². The summed E-state index contributed by atoms with van der Waals surface area (Å²) in [4.78, 5) is 6.94. The van der Waals surface area contributed by atoms with E-state index in [-0.39, 0.29) is 0 Å². The monoisotopic (exact) mass is 307 g/mol. The van der Waals surface area contributed by atoms with Crippen LogP contribution in [0.4, 0.5) is 0 Å². The van der Waals surface area contributed by atoms with Gasteiger partial charge in [0.05, 0.1) is 0 Å². The van der Waals surface area contributed by atoms with Crippen LogP contribution in [0.25, 0.3) is 16.9 Å². The van der Waals surface area contributed by atoms with Crippen molar-refractivity contribution in [2.45, 2.75) is 32.7 Å². The van der Waals surface area contributed by atoms with Gasteiger partial charge in [-0.15, -0.1) is 10.2 Å². The van der Waals surface area contributed by atoms with E-state index in [1.54, 1.807) is 0 Å². The Morgan fingerprint density at radius 2 is 1.74 bits per heavy atom. The highest BCUT2D eigenvalue weighted by molar-refractivity contribution is 5.63. The largest absolute Gasteiger partial charge is 0.297 e. The highest BCUT2D eigenvalue weighted by atomic mass is 15.3. The molecule has 1 fully saturated rings. The molecule has 5 nitrogen and oxygen atoms in total. The number of fused-ring (bicyclic) bond motifs is 1. The molecule has 0 unspecified atom stereocenters. The van der Waals surface area contributed by atoms with Gasteiger partial charge in [0.2, 0.25) is 0 Å². The van der Waals surface area contributed by atoms with Gasteiger partial charge in [-0.1, -0.05) is 24.3 Å². The molecule has 0 N–H and O–H groups in total. The Morgan fingerprint density at radius 3 is 2.48 bits per heavy atom. The Bertz CT molecular complexity index is 815. The van der Waals surface area contributed by atoms with Crippen molar-refractivity contribution in [2.75, 3.05) is 13.1 Å². The molecule has 1 aliphatic rings. The summed E-state index contributed by atoms with van der Waals surface area (Å²) in [5, 5.41) is 8.09. The molecular weight excluding hydrogens is 286 g/mol. The van der Waals surface area contributed by atoms with Gasteiger partial charge in [-0.05, 0) is 50.9 Å². The van der Waals surface area contributed by atoms with E-state index in [4.69, 9.17) is 0 Å². The molecule has 3 heterocycles. The average molecular weight is 307 g/mol. The third-order valence-electron chi connectivity index (χ3n) is 4.85. The van der Waals surface area contributed by atoms with Crippen LogP contribution in [0, 0.1) is 6.92 Å². The molecule has 23 heavy (non-hydrogen) atoms. The third-order valence-corrected chi connectivity index (χ3v) is 4.85. The molecule has 4 rings (SSSR count). The van der Waals surface area contributed by atoms with E-state index in [1.807, 2.05) is 17.5 Å². The minimum absolute atomic E-state index is 0.493. The summed E-state index contributed by atoms with van der Waals surface area (Å²) in [5.74, 6) is 1.50. The van der Waals surface area contributed by atoms with E-state index in [1.165, 1.54) is 37.1 Å². The van der Waals surface area contributed by atoms with E-state index < -0.39 is 0 Å². The van der Waals surface area contributed by atoms with Crippen LogP contribution in [0.1, 0.15) is 37.2 Å². The van der Waals surface area contributed by atoms with Crippen molar-refractivity contribution in [3.05, 3.63) is 48.0 Å². The van der Waals surface area contributed by atoms with Crippen molar-refractivity contribution in [2.24, 2.45) is 0 Å². The van der Waals surface area contributed by atoms with Gasteiger partial charge in [0.1, 0.15) is 5.82 Å². The van der Waals surface area contributed by atoms with Crippen LogP contribution < -0.4 is 0 Å². The molecule has 1 aliphatic heterocycles. The zero-order chi connectivity index (χ0) is 15.8. The predicted octanol–water partition coefficient (Wildman–Crippen LogP) is 3.26. The number of aryl methyl sites for hydroxylation is 1. The zero-order valence-corrected chi connectivity index (χ0v) is 13.6. The Morgan fingerprint density at radius 1 is 1.00 bits per heavy atom. The Hall–Kier alpha value is -2.27. The first-order valence-corrected chi connectivity index (χ1v) is 8.24. The number of aromatic nitrogens is 4. The number of rotatable bonds is 3. The first-order chi connectivity index (χ1) is 11.2. The molecule has 1 atom stereocenters. The van der Waals surface area contributed by atoms with Crippen LogP contribution >= 0.6 is 0 Å². The average Bonchev–Trinajstić information content (AvgIpc) is 3.25. The molecule has 0 aliphatic carbocycles. The van der Waals surface area contributed by atoms with Crippen LogP contribution in [0.5, 0.6) is 0 Å². The summed E-state index contributed by atoms with van der Waals surface area (Å²) in [6, 6.07) is 9.34. The van der Waals surface area contributed by atoms with Crippen LogP contribution in [0.15, 0.2) is 36.7 Å². The molecular formula is C18H21N5. The second-order valence-corrected chi connectivity index (χ2v) is 6.30. The quantitative estimate of drug-likeness (QED) is 0.745. The number of hydrogen-bond donors (Lipinski definition) is 0. The molecule has 0 bridgehead atoms. The fourth-order valence-corrected chi connectivity index (χ4v) is 3.34. The second-order valence-electron chi connectivity index (χ2n) is 6.30. The topological polar surface area (TPSA) is 46.3 Å². The summed E-state index contributed by atoms with van der Waals surface area (Å²) >= 11 is 0. The van der Waals surface area contributed by atoms with Crippen molar-refractivity contribution < 1.29 is 0 Å². The van der Waals surface area contributed by atoms with Crippen molar-refractivity contribution in [3.63, 3.8) is 0 Å². The lowest BCUT2D eigenvalue weighted by atomic mass is 10.0. The van der Waals surface area contributed by atoms with Gasteiger partial charge in [0, 0.05) is 24.0 Å². The fraction of sp³-hybridized carbons (Fsp3) is 0.389. The highest BCUT2D eigenvalue weighted by Gasteiger charge is 2.19. The second kappa shape index (κ2) is 5.74. The minimum Gasteiger partial charge on any atom is -0.297 e. The lowest BCUT2D eigenvalue weighted by Gasteiger charge is -2.24. The number of hydrogen-bond acceptors (Lipinski definition) is 4. The van der Waals surface area contributed by atoms with E-state index >= 15 is 0 Å². The maximum absolute atomic E-state index is 4.38. The summed E-state index contributed by atoms with van der Waals surface area (Å²) in [6.07, 6.45) is 6.57. The van der Waals surface area contributed by atoms with Crippen LogP contribution in [0.3, 0.4) is 0 Å². The maximum atomic E-state index is 4.38. The molecule has 0 saturated carbocycles.